The summed E-state index contributed by atoms with van der Waals surface area (Å²) >= 11 is 0. The Bertz CT molecular complexity index is 671. The first-order valence-electron chi connectivity index (χ1n) is 7.71. The van der Waals surface area contributed by atoms with Gasteiger partial charge in [-0.15, -0.1) is 0 Å². The SMILES string of the molecule is Cc1noc(C2CCCN(Cc3nc(N)nc(N(C)C)n3)C2)n1. The van der Waals surface area contributed by atoms with Crippen molar-refractivity contribution in [2.75, 3.05) is 37.8 Å². The minimum Gasteiger partial charge on any atom is -0.368 e. The predicted molar refractivity (Wildman–Crippen MR) is 84.9 cm³/mol. The molecule has 0 radical (unpaired) electrons. The number of rotatable bonds is 4. The van der Waals surface area contributed by atoms with Crippen LogP contribution in [0.3, 0.4) is 0 Å². The third kappa shape index (κ3) is 3.73. The Hall–Kier alpha value is -2.29. The molecule has 9 heteroatoms. The third-order valence-electron chi connectivity index (χ3n) is 3.85. The monoisotopic (exact) mass is 318 g/mol. The van der Waals surface area contributed by atoms with Crippen LogP contribution in [0.15, 0.2) is 4.52 Å². The van der Waals surface area contributed by atoms with Crippen molar-refractivity contribution in [3.63, 3.8) is 0 Å². The fraction of sp³-hybridized carbons (Fsp3) is 0.643. The highest BCUT2D eigenvalue weighted by Crippen LogP contribution is 2.26. The fourth-order valence-electron chi connectivity index (χ4n) is 2.78. The Balaban J connectivity index is 1.70. The van der Waals surface area contributed by atoms with E-state index in [0.29, 0.717) is 24.1 Å². The number of likely N-dealkylation sites (tertiary alicyclic amines) is 1. The van der Waals surface area contributed by atoms with Crippen LogP contribution in [0.5, 0.6) is 0 Å². The van der Waals surface area contributed by atoms with E-state index in [1.165, 1.54) is 0 Å². The summed E-state index contributed by atoms with van der Waals surface area (Å²) in [5.41, 5.74) is 5.78. The molecule has 2 aromatic heterocycles. The van der Waals surface area contributed by atoms with Gasteiger partial charge in [-0.2, -0.15) is 19.9 Å². The molecule has 0 saturated carbocycles. The smallest absolute Gasteiger partial charge is 0.231 e. The third-order valence-corrected chi connectivity index (χ3v) is 3.85. The standard InChI is InChI=1S/C14H22N8O/c1-9-16-12(23-20-9)10-5-4-6-22(7-10)8-11-17-13(15)19-14(18-11)21(2)3/h10H,4-8H2,1-3H3,(H2,15,17,18,19). The summed E-state index contributed by atoms with van der Waals surface area (Å²) in [5, 5.41) is 3.88. The molecule has 2 N–H and O–H groups in total. The molecule has 1 fully saturated rings. The van der Waals surface area contributed by atoms with Gasteiger partial charge in [-0.25, -0.2) is 0 Å². The van der Waals surface area contributed by atoms with E-state index in [4.69, 9.17) is 10.3 Å². The van der Waals surface area contributed by atoms with Gasteiger partial charge in [0, 0.05) is 20.6 Å². The van der Waals surface area contributed by atoms with Crippen LogP contribution in [-0.4, -0.2) is 57.2 Å². The maximum atomic E-state index is 5.78. The van der Waals surface area contributed by atoms with E-state index >= 15 is 0 Å². The van der Waals surface area contributed by atoms with E-state index in [9.17, 15) is 0 Å². The van der Waals surface area contributed by atoms with Crippen molar-refractivity contribution >= 4 is 11.9 Å². The van der Waals surface area contributed by atoms with Crippen LogP contribution in [0.4, 0.5) is 11.9 Å². The molecule has 3 heterocycles. The van der Waals surface area contributed by atoms with E-state index in [0.717, 1.165) is 31.8 Å². The highest BCUT2D eigenvalue weighted by Gasteiger charge is 2.26. The van der Waals surface area contributed by atoms with Crippen molar-refractivity contribution in [1.82, 2.24) is 30.0 Å². The van der Waals surface area contributed by atoms with E-state index in [-0.39, 0.29) is 11.9 Å². The Morgan fingerprint density at radius 1 is 1.26 bits per heavy atom. The minimum atomic E-state index is 0.250. The molecule has 0 aliphatic carbocycles. The number of nitrogen functional groups attached to an aromatic ring is 1. The van der Waals surface area contributed by atoms with Crippen LogP contribution in [0.2, 0.25) is 0 Å². The van der Waals surface area contributed by atoms with Crippen LogP contribution in [0.1, 0.15) is 36.3 Å². The molecule has 2 aromatic rings. The molecular weight excluding hydrogens is 296 g/mol. The second-order valence-corrected chi connectivity index (χ2v) is 6.06. The Morgan fingerprint density at radius 2 is 2.09 bits per heavy atom. The van der Waals surface area contributed by atoms with Gasteiger partial charge >= 0.3 is 0 Å². The largest absolute Gasteiger partial charge is 0.368 e. The second kappa shape index (κ2) is 6.45. The maximum absolute atomic E-state index is 5.78. The van der Waals surface area contributed by atoms with Crippen molar-refractivity contribution in [2.45, 2.75) is 32.2 Å². The number of nitrogens with two attached hydrogens (primary N) is 1. The maximum Gasteiger partial charge on any atom is 0.231 e. The number of hydrogen-bond donors (Lipinski definition) is 1. The zero-order valence-corrected chi connectivity index (χ0v) is 13.7. The summed E-state index contributed by atoms with van der Waals surface area (Å²) in [7, 11) is 3.76. The zero-order chi connectivity index (χ0) is 16.4. The number of nitrogens with zero attached hydrogens (tertiary/aromatic N) is 7. The molecule has 0 aromatic carbocycles. The summed E-state index contributed by atoms with van der Waals surface area (Å²) < 4.78 is 5.32. The normalized spacial score (nSPS) is 19.0. The summed E-state index contributed by atoms with van der Waals surface area (Å²) in [6, 6.07) is 0. The predicted octanol–water partition coefficient (Wildman–Crippen LogP) is 0.591. The highest BCUT2D eigenvalue weighted by molar-refractivity contribution is 5.32. The van der Waals surface area contributed by atoms with Gasteiger partial charge in [0.05, 0.1) is 12.5 Å². The molecule has 3 rings (SSSR count). The van der Waals surface area contributed by atoms with Gasteiger partial charge in [-0.05, 0) is 26.3 Å². The molecule has 1 saturated heterocycles. The lowest BCUT2D eigenvalue weighted by Crippen LogP contribution is -2.34. The number of aryl methyl sites for hydroxylation is 1. The first-order valence-corrected chi connectivity index (χ1v) is 7.71. The molecule has 124 valence electrons. The van der Waals surface area contributed by atoms with Gasteiger partial charge in [0.2, 0.25) is 17.8 Å². The lowest BCUT2D eigenvalue weighted by molar-refractivity contribution is 0.176. The number of aromatic nitrogens is 5. The molecule has 0 spiro atoms. The quantitative estimate of drug-likeness (QED) is 0.865. The van der Waals surface area contributed by atoms with Gasteiger partial charge < -0.3 is 15.2 Å². The average molecular weight is 318 g/mol. The van der Waals surface area contributed by atoms with Gasteiger partial charge in [0.25, 0.3) is 0 Å². The summed E-state index contributed by atoms with van der Waals surface area (Å²) in [6.45, 7) is 4.32. The Morgan fingerprint density at radius 3 is 2.78 bits per heavy atom. The lowest BCUT2D eigenvalue weighted by atomic mass is 9.98. The van der Waals surface area contributed by atoms with Crippen LogP contribution in [0, 0.1) is 6.92 Å². The fourth-order valence-corrected chi connectivity index (χ4v) is 2.78. The molecule has 1 aliphatic rings. The number of hydrogen-bond acceptors (Lipinski definition) is 9. The molecule has 9 nitrogen and oxygen atoms in total. The van der Waals surface area contributed by atoms with E-state index in [1.807, 2.05) is 25.9 Å². The van der Waals surface area contributed by atoms with E-state index in [2.05, 4.69) is 30.0 Å². The Labute approximate surface area is 134 Å². The first-order chi connectivity index (χ1) is 11.0. The lowest BCUT2D eigenvalue weighted by Gasteiger charge is -2.30. The van der Waals surface area contributed by atoms with Crippen molar-refractivity contribution in [1.29, 1.82) is 0 Å². The van der Waals surface area contributed by atoms with Crippen molar-refractivity contribution in [3.05, 3.63) is 17.5 Å². The number of piperidine rings is 1. The summed E-state index contributed by atoms with van der Waals surface area (Å²) in [5.74, 6) is 3.17. The molecule has 0 amide bonds. The van der Waals surface area contributed by atoms with Gasteiger partial charge in [-0.1, -0.05) is 5.16 Å². The van der Waals surface area contributed by atoms with E-state index < -0.39 is 0 Å². The first kappa shape index (κ1) is 15.6. The molecule has 1 unspecified atom stereocenters. The van der Waals surface area contributed by atoms with E-state index in [1.54, 1.807) is 0 Å². The molecule has 1 aliphatic heterocycles. The molecule has 1 atom stereocenters. The van der Waals surface area contributed by atoms with Crippen molar-refractivity contribution < 1.29 is 4.52 Å². The molecule has 23 heavy (non-hydrogen) atoms. The second-order valence-electron chi connectivity index (χ2n) is 6.06. The summed E-state index contributed by atoms with van der Waals surface area (Å²) in [6.07, 6.45) is 2.13. The molecular formula is C14H22N8O. The van der Waals surface area contributed by atoms with Crippen LogP contribution >= 0.6 is 0 Å². The highest BCUT2D eigenvalue weighted by atomic mass is 16.5. The van der Waals surface area contributed by atoms with Crippen molar-refractivity contribution in [3.8, 4) is 0 Å². The van der Waals surface area contributed by atoms with Crippen molar-refractivity contribution in [2.24, 2.45) is 0 Å². The number of anilines is 2. The minimum absolute atomic E-state index is 0.250. The van der Waals surface area contributed by atoms with Gasteiger partial charge in [-0.3, -0.25) is 4.90 Å². The van der Waals surface area contributed by atoms with Crippen LogP contribution < -0.4 is 10.6 Å². The topological polar surface area (TPSA) is 110 Å². The summed E-state index contributed by atoms with van der Waals surface area (Å²) in [4.78, 5) is 21.3. The average Bonchev–Trinajstić information content (AvgIpc) is 2.93. The van der Waals surface area contributed by atoms with Gasteiger partial charge in [0.15, 0.2) is 5.82 Å². The molecule has 0 bridgehead atoms. The van der Waals surface area contributed by atoms with Crippen LogP contribution in [0.25, 0.3) is 0 Å². The van der Waals surface area contributed by atoms with Crippen LogP contribution in [-0.2, 0) is 6.54 Å². The Kier molecular flexibility index (Phi) is 4.37. The van der Waals surface area contributed by atoms with Gasteiger partial charge in [0.1, 0.15) is 5.82 Å². The zero-order valence-electron chi connectivity index (χ0n) is 13.7.